The monoisotopic (exact) mass is 266 g/mol. The number of ether oxygens (including phenoxy) is 1. The van der Waals surface area contributed by atoms with Crippen molar-refractivity contribution >= 4 is 5.91 Å². The Bertz CT molecular complexity index is 451. The second-order valence-corrected chi connectivity index (χ2v) is 4.62. The number of halogens is 1. The number of amides is 1. The highest BCUT2D eigenvalue weighted by Gasteiger charge is 2.16. The molecular weight excluding hydrogens is 247 g/mol. The fourth-order valence-corrected chi connectivity index (χ4v) is 2.26. The summed E-state index contributed by atoms with van der Waals surface area (Å²) in [4.78, 5) is 13.6. The molecule has 0 aromatic heterocycles. The van der Waals surface area contributed by atoms with Gasteiger partial charge in [0.25, 0.3) is 0 Å². The van der Waals surface area contributed by atoms with E-state index >= 15 is 0 Å². The van der Waals surface area contributed by atoms with E-state index in [0.29, 0.717) is 25.3 Å². The maximum absolute atomic E-state index is 13.2. The topological polar surface area (TPSA) is 41.6 Å². The average molecular weight is 266 g/mol. The average Bonchev–Trinajstić information content (AvgIpc) is 2.61. The Kier molecular flexibility index (Phi) is 4.74. The Morgan fingerprint density at radius 1 is 1.47 bits per heavy atom. The molecule has 1 N–H and O–H groups in total. The lowest BCUT2D eigenvalue weighted by atomic mass is 10.1. The van der Waals surface area contributed by atoms with Gasteiger partial charge >= 0.3 is 0 Å². The van der Waals surface area contributed by atoms with Gasteiger partial charge in [-0.1, -0.05) is 0 Å². The van der Waals surface area contributed by atoms with Crippen LogP contribution in [-0.4, -0.2) is 44.1 Å². The smallest absolute Gasteiger partial charge is 0.236 e. The van der Waals surface area contributed by atoms with Crippen LogP contribution in [0, 0.1) is 5.82 Å². The third kappa shape index (κ3) is 3.67. The van der Waals surface area contributed by atoms with Crippen LogP contribution in [-0.2, 0) is 11.2 Å². The van der Waals surface area contributed by atoms with Gasteiger partial charge in [-0.3, -0.25) is 4.79 Å². The van der Waals surface area contributed by atoms with Gasteiger partial charge < -0.3 is 15.0 Å². The number of nitrogens with one attached hydrogen (secondary N) is 1. The number of rotatable bonds is 4. The molecule has 19 heavy (non-hydrogen) atoms. The molecule has 1 saturated heterocycles. The van der Waals surface area contributed by atoms with E-state index in [1.54, 1.807) is 13.2 Å². The van der Waals surface area contributed by atoms with Crippen LogP contribution < -0.4 is 10.1 Å². The fourth-order valence-electron chi connectivity index (χ4n) is 2.26. The van der Waals surface area contributed by atoms with E-state index in [9.17, 15) is 9.18 Å². The molecule has 0 atom stereocenters. The predicted octanol–water partition coefficient (Wildman–Crippen LogP) is 1.20. The van der Waals surface area contributed by atoms with Crippen LogP contribution in [0.1, 0.15) is 12.0 Å². The lowest BCUT2D eigenvalue weighted by Crippen LogP contribution is -2.36. The number of nitrogens with zero attached hydrogens (tertiary/aromatic N) is 1. The van der Waals surface area contributed by atoms with E-state index in [2.05, 4.69) is 5.32 Å². The molecule has 2 rings (SSSR count). The zero-order chi connectivity index (χ0) is 13.7. The van der Waals surface area contributed by atoms with Gasteiger partial charge in [0.05, 0.1) is 13.7 Å². The number of hydrogen-bond acceptors (Lipinski definition) is 3. The zero-order valence-corrected chi connectivity index (χ0v) is 11.1. The molecule has 0 unspecified atom stereocenters. The van der Waals surface area contributed by atoms with Gasteiger partial charge in [0, 0.05) is 13.1 Å². The summed E-state index contributed by atoms with van der Waals surface area (Å²) >= 11 is 0. The Morgan fingerprint density at radius 2 is 2.32 bits per heavy atom. The first-order valence-corrected chi connectivity index (χ1v) is 6.51. The summed E-state index contributed by atoms with van der Waals surface area (Å²) in [5.74, 6) is 0.495. The van der Waals surface area contributed by atoms with Crippen LogP contribution in [0.5, 0.6) is 5.75 Å². The van der Waals surface area contributed by atoms with Gasteiger partial charge in [0.2, 0.25) is 5.91 Å². The molecule has 1 fully saturated rings. The quantitative estimate of drug-likeness (QED) is 0.890. The molecule has 1 aliphatic heterocycles. The van der Waals surface area contributed by atoms with Crippen molar-refractivity contribution in [3.63, 3.8) is 0 Å². The predicted molar refractivity (Wildman–Crippen MR) is 70.7 cm³/mol. The van der Waals surface area contributed by atoms with Gasteiger partial charge in [-0.25, -0.2) is 4.39 Å². The normalized spacial score (nSPS) is 16.3. The van der Waals surface area contributed by atoms with Crippen molar-refractivity contribution in [3.05, 3.63) is 29.6 Å². The number of carbonyl (C=O) groups is 1. The number of hydrogen-bond donors (Lipinski definition) is 1. The highest BCUT2D eigenvalue weighted by molar-refractivity contribution is 5.78. The Balaban J connectivity index is 2.01. The fraction of sp³-hybridized carbons (Fsp3) is 0.500. The highest BCUT2D eigenvalue weighted by atomic mass is 19.1. The van der Waals surface area contributed by atoms with Crippen LogP contribution in [0.3, 0.4) is 0 Å². The molecule has 1 amide bonds. The molecule has 1 aliphatic rings. The molecule has 1 heterocycles. The molecule has 0 aliphatic carbocycles. The van der Waals surface area contributed by atoms with Gasteiger partial charge in [-0.05, 0) is 43.1 Å². The van der Waals surface area contributed by atoms with Crippen LogP contribution in [0.25, 0.3) is 0 Å². The minimum atomic E-state index is -0.278. The van der Waals surface area contributed by atoms with E-state index in [4.69, 9.17) is 4.74 Å². The summed E-state index contributed by atoms with van der Waals surface area (Å²) in [5.41, 5.74) is 0.799. The third-order valence-electron chi connectivity index (χ3n) is 3.30. The minimum absolute atomic E-state index is 0.105. The molecule has 0 spiro atoms. The largest absolute Gasteiger partial charge is 0.496 e. The van der Waals surface area contributed by atoms with Crippen LogP contribution in [0.15, 0.2) is 18.2 Å². The highest BCUT2D eigenvalue weighted by Crippen LogP contribution is 2.20. The van der Waals surface area contributed by atoms with Crippen LogP contribution in [0.4, 0.5) is 4.39 Å². The van der Waals surface area contributed by atoms with Crippen molar-refractivity contribution in [2.45, 2.75) is 12.8 Å². The summed E-state index contributed by atoms with van der Waals surface area (Å²) in [6.45, 7) is 2.61. The molecular formula is C14H19FN2O2. The lowest BCUT2D eigenvalue weighted by molar-refractivity contribution is -0.129. The molecule has 0 radical (unpaired) electrons. The van der Waals surface area contributed by atoms with Crippen molar-refractivity contribution in [1.82, 2.24) is 10.2 Å². The first-order chi connectivity index (χ1) is 9.20. The second kappa shape index (κ2) is 6.52. The number of benzene rings is 1. The van der Waals surface area contributed by atoms with Crippen molar-refractivity contribution in [2.24, 2.45) is 0 Å². The van der Waals surface area contributed by atoms with Gasteiger partial charge in [-0.15, -0.1) is 0 Å². The van der Waals surface area contributed by atoms with Crippen molar-refractivity contribution in [1.29, 1.82) is 0 Å². The molecule has 5 heteroatoms. The van der Waals surface area contributed by atoms with Crippen molar-refractivity contribution in [2.75, 3.05) is 33.3 Å². The summed E-state index contributed by atoms with van der Waals surface area (Å²) in [7, 11) is 1.57. The van der Waals surface area contributed by atoms with Crippen molar-refractivity contribution < 1.29 is 13.9 Å². The van der Waals surface area contributed by atoms with Crippen LogP contribution >= 0.6 is 0 Å². The van der Waals surface area contributed by atoms with Crippen LogP contribution in [0.2, 0.25) is 0 Å². The summed E-state index contributed by atoms with van der Waals surface area (Å²) in [6, 6.07) is 4.47. The van der Waals surface area contributed by atoms with Gasteiger partial charge in [0.15, 0.2) is 0 Å². The summed E-state index contributed by atoms with van der Waals surface area (Å²) in [5, 5.41) is 3.08. The van der Waals surface area contributed by atoms with E-state index in [1.807, 2.05) is 4.90 Å². The zero-order valence-electron chi connectivity index (χ0n) is 11.1. The number of methoxy groups -OCH3 is 1. The molecule has 0 saturated carbocycles. The van der Waals surface area contributed by atoms with E-state index < -0.39 is 0 Å². The third-order valence-corrected chi connectivity index (χ3v) is 3.30. The lowest BCUT2D eigenvalue weighted by Gasteiger charge is -2.20. The Hall–Kier alpha value is -1.62. The standard InChI is InChI=1S/C14H19FN2O2/c1-19-13-4-3-12(15)9-11(13)5-8-17-7-2-6-16-10-14(17)18/h3-4,9,16H,2,5-8,10H2,1H3. The maximum atomic E-state index is 13.2. The summed E-state index contributed by atoms with van der Waals surface area (Å²) in [6.07, 6.45) is 1.55. The number of carbonyl (C=O) groups excluding carboxylic acids is 1. The first-order valence-electron chi connectivity index (χ1n) is 6.51. The SMILES string of the molecule is COc1ccc(F)cc1CCN1CCCNCC1=O. The minimum Gasteiger partial charge on any atom is -0.496 e. The molecule has 1 aromatic rings. The van der Waals surface area contributed by atoms with Gasteiger partial charge in [-0.2, -0.15) is 0 Å². The van der Waals surface area contributed by atoms with E-state index in [1.165, 1.54) is 12.1 Å². The Morgan fingerprint density at radius 3 is 3.11 bits per heavy atom. The first kappa shape index (κ1) is 13.8. The molecule has 0 bridgehead atoms. The maximum Gasteiger partial charge on any atom is 0.236 e. The van der Waals surface area contributed by atoms with Crippen molar-refractivity contribution in [3.8, 4) is 5.75 Å². The summed E-state index contributed by atoms with van der Waals surface area (Å²) < 4.78 is 18.5. The van der Waals surface area contributed by atoms with E-state index in [-0.39, 0.29) is 11.7 Å². The van der Waals surface area contributed by atoms with Gasteiger partial charge in [0.1, 0.15) is 11.6 Å². The molecule has 1 aromatic carbocycles. The molecule has 104 valence electrons. The Labute approximate surface area is 112 Å². The second-order valence-electron chi connectivity index (χ2n) is 4.62. The van der Waals surface area contributed by atoms with E-state index in [0.717, 1.165) is 25.1 Å². The molecule has 4 nitrogen and oxygen atoms in total.